The van der Waals surface area contributed by atoms with Gasteiger partial charge in [0, 0.05) is 6.54 Å². The first-order valence-electron chi connectivity index (χ1n) is 6.47. The number of nitrogens with zero attached hydrogens (tertiary/aromatic N) is 2. The molecule has 0 aromatic heterocycles. The van der Waals surface area contributed by atoms with Gasteiger partial charge in [-0.15, -0.1) is 0 Å². The van der Waals surface area contributed by atoms with Crippen molar-refractivity contribution in [1.29, 1.82) is 5.26 Å². The summed E-state index contributed by atoms with van der Waals surface area (Å²) in [5, 5.41) is 12.1. The molecule has 0 radical (unpaired) electrons. The van der Waals surface area contributed by atoms with Gasteiger partial charge in [-0.2, -0.15) is 5.26 Å². The van der Waals surface area contributed by atoms with Crippen LogP contribution < -0.4 is 11.1 Å². The van der Waals surface area contributed by atoms with E-state index in [0.717, 1.165) is 38.3 Å². The second-order valence-corrected chi connectivity index (χ2v) is 4.22. The van der Waals surface area contributed by atoms with Gasteiger partial charge < -0.3 is 16.0 Å². The summed E-state index contributed by atoms with van der Waals surface area (Å²) < 4.78 is 0. The van der Waals surface area contributed by atoms with Crippen LogP contribution in [0.2, 0.25) is 0 Å². The van der Waals surface area contributed by atoms with E-state index in [1.807, 2.05) is 0 Å². The zero-order chi connectivity index (χ0) is 13.4. The molecule has 18 heavy (non-hydrogen) atoms. The topological polar surface area (TPSA) is 65.1 Å². The first-order valence-corrected chi connectivity index (χ1v) is 6.47. The van der Waals surface area contributed by atoms with E-state index < -0.39 is 0 Å². The van der Waals surface area contributed by atoms with Crippen LogP contribution in [-0.4, -0.2) is 31.1 Å². The summed E-state index contributed by atoms with van der Waals surface area (Å²) in [6.07, 6.45) is 1.07. The van der Waals surface area contributed by atoms with Crippen LogP contribution in [0.25, 0.3) is 0 Å². The van der Waals surface area contributed by atoms with Gasteiger partial charge in [-0.25, -0.2) is 0 Å². The van der Waals surface area contributed by atoms with Gasteiger partial charge in [0.05, 0.1) is 23.0 Å². The first-order chi connectivity index (χ1) is 8.71. The molecule has 0 saturated heterocycles. The number of nitriles is 1. The second-order valence-electron chi connectivity index (χ2n) is 4.22. The maximum atomic E-state index is 8.84. The minimum Gasteiger partial charge on any atom is -0.397 e. The normalized spacial score (nSPS) is 10.3. The SMILES string of the molecule is CCN(CC)CCCNc1cc(C#N)ccc1N. The highest BCUT2D eigenvalue weighted by molar-refractivity contribution is 5.68. The van der Waals surface area contributed by atoms with Crippen LogP contribution >= 0.6 is 0 Å². The van der Waals surface area contributed by atoms with Crippen molar-refractivity contribution in [2.24, 2.45) is 0 Å². The molecule has 0 fully saturated rings. The Balaban J connectivity index is 2.42. The smallest absolute Gasteiger partial charge is 0.0992 e. The average Bonchev–Trinajstić information content (AvgIpc) is 2.41. The molecule has 1 aromatic rings. The number of benzene rings is 1. The predicted molar refractivity (Wildman–Crippen MR) is 76.5 cm³/mol. The average molecular weight is 246 g/mol. The quantitative estimate of drug-likeness (QED) is 0.572. The Morgan fingerprint density at radius 1 is 1.33 bits per heavy atom. The molecule has 0 amide bonds. The van der Waals surface area contributed by atoms with Crippen molar-refractivity contribution in [1.82, 2.24) is 4.90 Å². The Morgan fingerprint density at radius 3 is 2.67 bits per heavy atom. The molecule has 4 nitrogen and oxygen atoms in total. The molecule has 3 N–H and O–H groups in total. The molecule has 4 heteroatoms. The third-order valence-electron chi connectivity index (χ3n) is 3.04. The van der Waals surface area contributed by atoms with Crippen molar-refractivity contribution in [3.8, 4) is 6.07 Å². The summed E-state index contributed by atoms with van der Waals surface area (Å²) in [6.45, 7) is 8.47. The molecule has 0 atom stereocenters. The zero-order valence-electron chi connectivity index (χ0n) is 11.2. The van der Waals surface area contributed by atoms with Gasteiger partial charge in [-0.05, 0) is 44.3 Å². The van der Waals surface area contributed by atoms with Crippen molar-refractivity contribution in [3.05, 3.63) is 23.8 Å². The Hall–Kier alpha value is -1.73. The highest BCUT2D eigenvalue weighted by Gasteiger charge is 2.01. The van der Waals surface area contributed by atoms with Crippen molar-refractivity contribution in [2.75, 3.05) is 37.2 Å². The lowest BCUT2D eigenvalue weighted by atomic mass is 10.2. The van der Waals surface area contributed by atoms with Crippen LogP contribution in [0, 0.1) is 11.3 Å². The van der Waals surface area contributed by atoms with Crippen molar-refractivity contribution < 1.29 is 0 Å². The van der Waals surface area contributed by atoms with Crippen molar-refractivity contribution in [3.63, 3.8) is 0 Å². The number of nitrogens with two attached hydrogens (primary N) is 1. The summed E-state index contributed by atoms with van der Waals surface area (Å²) in [5.41, 5.74) is 8.04. The molecule has 0 saturated carbocycles. The number of nitrogens with one attached hydrogen (secondary N) is 1. The van der Waals surface area contributed by atoms with Crippen LogP contribution in [0.3, 0.4) is 0 Å². The fraction of sp³-hybridized carbons (Fsp3) is 0.500. The summed E-state index contributed by atoms with van der Waals surface area (Å²) >= 11 is 0. The van der Waals surface area contributed by atoms with Crippen LogP contribution in [0.5, 0.6) is 0 Å². The Labute approximate surface area is 109 Å². The molecule has 98 valence electrons. The summed E-state index contributed by atoms with van der Waals surface area (Å²) in [6, 6.07) is 7.42. The third kappa shape index (κ3) is 4.27. The monoisotopic (exact) mass is 246 g/mol. The largest absolute Gasteiger partial charge is 0.397 e. The van der Waals surface area contributed by atoms with Gasteiger partial charge in [0.1, 0.15) is 0 Å². The number of hydrogen-bond donors (Lipinski definition) is 2. The van der Waals surface area contributed by atoms with Gasteiger partial charge in [-0.1, -0.05) is 13.8 Å². The first kappa shape index (κ1) is 14.3. The van der Waals surface area contributed by atoms with Gasteiger partial charge in [-0.3, -0.25) is 0 Å². The van der Waals surface area contributed by atoms with Gasteiger partial charge in [0.2, 0.25) is 0 Å². The number of hydrogen-bond acceptors (Lipinski definition) is 4. The lowest BCUT2D eigenvalue weighted by Crippen LogP contribution is -2.25. The number of anilines is 2. The zero-order valence-corrected chi connectivity index (χ0v) is 11.2. The molecular weight excluding hydrogens is 224 g/mol. The maximum Gasteiger partial charge on any atom is 0.0992 e. The van der Waals surface area contributed by atoms with Crippen molar-refractivity contribution in [2.45, 2.75) is 20.3 Å². The molecule has 0 aliphatic rings. The van der Waals surface area contributed by atoms with Crippen LogP contribution in [0.1, 0.15) is 25.8 Å². The van der Waals surface area contributed by atoms with E-state index in [9.17, 15) is 0 Å². The van der Waals surface area contributed by atoms with E-state index in [4.69, 9.17) is 11.0 Å². The standard InChI is InChI=1S/C14H22N4/c1-3-18(4-2)9-5-8-17-14-10-12(11-15)6-7-13(14)16/h6-7,10,17H,3-5,8-9,16H2,1-2H3. The minimum absolute atomic E-state index is 0.635. The lowest BCUT2D eigenvalue weighted by molar-refractivity contribution is 0.303. The summed E-state index contributed by atoms with van der Waals surface area (Å²) in [4.78, 5) is 2.39. The van der Waals surface area contributed by atoms with E-state index in [1.165, 1.54) is 0 Å². The van der Waals surface area contributed by atoms with E-state index in [-0.39, 0.29) is 0 Å². The number of nitrogen functional groups attached to an aromatic ring is 1. The number of rotatable bonds is 7. The van der Waals surface area contributed by atoms with Crippen LogP contribution in [0.4, 0.5) is 11.4 Å². The van der Waals surface area contributed by atoms with E-state index in [1.54, 1.807) is 18.2 Å². The minimum atomic E-state index is 0.635. The fourth-order valence-electron chi connectivity index (χ4n) is 1.84. The Kier molecular flexibility index (Phi) is 6.03. The maximum absolute atomic E-state index is 8.84. The molecule has 1 aromatic carbocycles. The molecule has 0 unspecified atom stereocenters. The van der Waals surface area contributed by atoms with E-state index in [0.29, 0.717) is 11.3 Å². The van der Waals surface area contributed by atoms with Crippen molar-refractivity contribution >= 4 is 11.4 Å². The predicted octanol–water partition coefficient (Wildman–Crippen LogP) is 2.28. The van der Waals surface area contributed by atoms with Gasteiger partial charge in [0.15, 0.2) is 0 Å². The fourth-order valence-corrected chi connectivity index (χ4v) is 1.84. The molecule has 1 rings (SSSR count). The highest BCUT2D eigenvalue weighted by atomic mass is 15.1. The lowest BCUT2D eigenvalue weighted by Gasteiger charge is -2.18. The third-order valence-corrected chi connectivity index (χ3v) is 3.04. The molecule has 0 aliphatic heterocycles. The molecular formula is C14H22N4. The highest BCUT2D eigenvalue weighted by Crippen LogP contribution is 2.19. The summed E-state index contributed by atoms with van der Waals surface area (Å²) in [5.74, 6) is 0. The molecule has 0 spiro atoms. The van der Waals surface area contributed by atoms with Gasteiger partial charge >= 0.3 is 0 Å². The molecule has 0 bridgehead atoms. The summed E-state index contributed by atoms with van der Waals surface area (Å²) in [7, 11) is 0. The van der Waals surface area contributed by atoms with Gasteiger partial charge in [0.25, 0.3) is 0 Å². The second kappa shape index (κ2) is 7.57. The van der Waals surface area contributed by atoms with Crippen LogP contribution in [0.15, 0.2) is 18.2 Å². The van der Waals surface area contributed by atoms with Crippen LogP contribution in [-0.2, 0) is 0 Å². The van der Waals surface area contributed by atoms with E-state index >= 15 is 0 Å². The van der Waals surface area contributed by atoms with E-state index in [2.05, 4.69) is 30.1 Å². The Bertz CT molecular complexity index is 405. The molecule has 0 heterocycles. The Morgan fingerprint density at radius 2 is 2.06 bits per heavy atom. The molecule has 0 aliphatic carbocycles.